The van der Waals surface area contributed by atoms with Crippen molar-refractivity contribution in [2.75, 3.05) is 51.4 Å². The summed E-state index contributed by atoms with van der Waals surface area (Å²) in [4.78, 5) is 29.4. The summed E-state index contributed by atoms with van der Waals surface area (Å²) in [6.07, 6.45) is 0. The van der Waals surface area contributed by atoms with Crippen molar-refractivity contribution in [3.05, 3.63) is 40.8 Å². The third kappa shape index (κ3) is 5.34. The van der Waals surface area contributed by atoms with E-state index < -0.39 is 0 Å². The Labute approximate surface area is 180 Å². The Morgan fingerprint density at radius 2 is 1.97 bits per heavy atom. The largest absolute Gasteiger partial charge is 0.495 e. The van der Waals surface area contributed by atoms with Crippen LogP contribution in [0.4, 0.5) is 5.69 Å². The molecule has 1 fully saturated rings. The highest BCUT2D eigenvalue weighted by atomic mass is 32.2. The van der Waals surface area contributed by atoms with Crippen molar-refractivity contribution in [2.45, 2.75) is 19.6 Å². The second kappa shape index (κ2) is 9.99. The molecule has 30 heavy (non-hydrogen) atoms. The standard InChI is InChI=1S/C21H28N4O4S/c1-14-17(15(2)29-23-14)12-30-13-20(26)22-18-11-16(5-6-19(18)28-4)21(27)25-9-7-24(3)8-10-25/h5-6,11H,7-10,12-13H2,1-4H3,(H,22,26). The Balaban J connectivity index is 1.62. The van der Waals surface area contributed by atoms with Gasteiger partial charge in [0.1, 0.15) is 11.5 Å². The zero-order valence-corrected chi connectivity index (χ0v) is 18.7. The predicted octanol–water partition coefficient (Wildman–Crippen LogP) is 2.56. The van der Waals surface area contributed by atoms with Gasteiger partial charge in [0.05, 0.1) is 24.2 Å². The SMILES string of the molecule is COc1ccc(C(=O)N2CCN(C)CC2)cc1NC(=O)CSCc1c(C)noc1C. The Bertz CT molecular complexity index is 887. The van der Waals surface area contributed by atoms with E-state index in [1.165, 1.54) is 11.8 Å². The first kappa shape index (κ1) is 22.2. The van der Waals surface area contributed by atoms with Gasteiger partial charge in [0.25, 0.3) is 5.91 Å². The second-order valence-corrected chi connectivity index (χ2v) is 8.34. The van der Waals surface area contributed by atoms with E-state index in [0.29, 0.717) is 35.8 Å². The minimum Gasteiger partial charge on any atom is -0.495 e. The van der Waals surface area contributed by atoms with Crippen LogP contribution < -0.4 is 10.1 Å². The van der Waals surface area contributed by atoms with Crippen molar-refractivity contribution < 1.29 is 18.8 Å². The summed E-state index contributed by atoms with van der Waals surface area (Å²) < 4.78 is 10.5. The molecule has 0 radical (unpaired) electrons. The van der Waals surface area contributed by atoms with Gasteiger partial charge >= 0.3 is 0 Å². The van der Waals surface area contributed by atoms with Gasteiger partial charge in [-0.25, -0.2) is 0 Å². The van der Waals surface area contributed by atoms with E-state index in [4.69, 9.17) is 9.26 Å². The number of carbonyl (C=O) groups is 2. The van der Waals surface area contributed by atoms with Crippen molar-refractivity contribution >= 4 is 29.3 Å². The van der Waals surface area contributed by atoms with Gasteiger partial charge in [0.2, 0.25) is 5.91 Å². The molecule has 0 unspecified atom stereocenters. The minimum absolute atomic E-state index is 0.0333. The molecule has 1 saturated heterocycles. The van der Waals surface area contributed by atoms with E-state index >= 15 is 0 Å². The van der Waals surface area contributed by atoms with Crippen LogP contribution in [0.2, 0.25) is 0 Å². The number of hydrogen-bond donors (Lipinski definition) is 1. The first-order valence-electron chi connectivity index (χ1n) is 9.84. The molecule has 2 aromatic rings. The quantitative estimate of drug-likeness (QED) is 0.719. The Morgan fingerprint density at radius 1 is 1.23 bits per heavy atom. The molecule has 0 bridgehead atoms. The van der Waals surface area contributed by atoms with Crippen LogP contribution in [0, 0.1) is 13.8 Å². The first-order valence-corrected chi connectivity index (χ1v) is 11.0. The van der Waals surface area contributed by atoms with Gasteiger partial charge in [-0.2, -0.15) is 0 Å². The minimum atomic E-state index is -0.158. The van der Waals surface area contributed by atoms with Gasteiger partial charge < -0.3 is 24.4 Å². The molecule has 0 spiro atoms. The highest BCUT2D eigenvalue weighted by Crippen LogP contribution is 2.27. The molecule has 0 atom stereocenters. The molecular formula is C21H28N4O4S. The van der Waals surface area contributed by atoms with E-state index in [9.17, 15) is 9.59 Å². The summed E-state index contributed by atoms with van der Waals surface area (Å²) in [5.74, 6) is 2.02. The van der Waals surface area contributed by atoms with Gasteiger partial charge in [0, 0.05) is 43.1 Å². The summed E-state index contributed by atoms with van der Waals surface area (Å²) in [7, 11) is 3.59. The second-order valence-electron chi connectivity index (χ2n) is 7.35. The van der Waals surface area contributed by atoms with E-state index in [2.05, 4.69) is 15.4 Å². The van der Waals surface area contributed by atoms with Gasteiger partial charge in [-0.1, -0.05) is 5.16 Å². The molecule has 1 aliphatic rings. The first-order chi connectivity index (χ1) is 14.4. The van der Waals surface area contributed by atoms with Crippen molar-refractivity contribution in [2.24, 2.45) is 0 Å². The summed E-state index contributed by atoms with van der Waals surface area (Å²) in [5.41, 5.74) is 2.90. The van der Waals surface area contributed by atoms with Crippen molar-refractivity contribution in [3.63, 3.8) is 0 Å². The zero-order valence-electron chi connectivity index (χ0n) is 17.9. The maximum atomic E-state index is 12.8. The lowest BCUT2D eigenvalue weighted by atomic mass is 10.1. The molecule has 1 aromatic carbocycles. The fraction of sp³-hybridized carbons (Fsp3) is 0.476. The van der Waals surface area contributed by atoms with E-state index in [1.807, 2.05) is 25.8 Å². The number of nitrogens with one attached hydrogen (secondary N) is 1. The molecule has 1 N–H and O–H groups in total. The summed E-state index contributed by atoms with van der Waals surface area (Å²) in [5, 5.41) is 6.80. The Kier molecular flexibility index (Phi) is 7.38. The summed E-state index contributed by atoms with van der Waals surface area (Å²) in [6, 6.07) is 5.15. The molecular weight excluding hydrogens is 404 g/mol. The van der Waals surface area contributed by atoms with Gasteiger partial charge in [-0.3, -0.25) is 9.59 Å². The number of piperazine rings is 1. The Hall–Kier alpha value is -2.52. The van der Waals surface area contributed by atoms with Gasteiger partial charge in [0.15, 0.2) is 0 Å². The van der Waals surface area contributed by atoms with E-state index in [0.717, 1.165) is 30.1 Å². The maximum absolute atomic E-state index is 12.8. The van der Waals surface area contributed by atoms with Crippen LogP contribution in [0.1, 0.15) is 27.4 Å². The number of benzene rings is 1. The Morgan fingerprint density at radius 3 is 2.60 bits per heavy atom. The number of nitrogens with zero attached hydrogens (tertiary/aromatic N) is 3. The fourth-order valence-electron chi connectivity index (χ4n) is 3.27. The molecule has 1 aliphatic heterocycles. The lowest BCUT2D eigenvalue weighted by molar-refractivity contribution is -0.113. The number of carbonyl (C=O) groups excluding carboxylic acids is 2. The number of aryl methyl sites for hydroxylation is 2. The fourth-order valence-corrected chi connectivity index (χ4v) is 4.25. The van der Waals surface area contributed by atoms with Gasteiger partial charge in [-0.05, 0) is 39.1 Å². The third-order valence-corrected chi connectivity index (χ3v) is 6.13. The molecule has 1 aromatic heterocycles. The van der Waals surface area contributed by atoms with E-state index in [-0.39, 0.29) is 17.6 Å². The number of amides is 2. The summed E-state index contributed by atoms with van der Waals surface area (Å²) >= 11 is 1.48. The van der Waals surface area contributed by atoms with Crippen molar-refractivity contribution in [1.29, 1.82) is 0 Å². The third-order valence-electron chi connectivity index (χ3n) is 5.17. The average Bonchev–Trinajstić information content (AvgIpc) is 3.06. The lowest BCUT2D eigenvalue weighted by Crippen LogP contribution is -2.47. The average molecular weight is 433 g/mol. The van der Waals surface area contributed by atoms with Crippen LogP contribution in [-0.2, 0) is 10.5 Å². The molecule has 8 nitrogen and oxygen atoms in total. The van der Waals surface area contributed by atoms with E-state index in [1.54, 1.807) is 25.3 Å². The molecule has 2 amide bonds. The lowest BCUT2D eigenvalue weighted by Gasteiger charge is -2.32. The number of anilines is 1. The molecule has 3 rings (SSSR count). The predicted molar refractivity (Wildman–Crippen MR) is 117 cm³/mol. The molecule has 0 saturated carbocycles. The van der Waals surface area contributed by atoms with Crippen molar-refractivity contribution in [1.82, 2.24) is 15.0 Å². The number of likely N-dealkylation sites (N-methyl/N-ethyl adjacent to an activating group) is 1. The van der Waals surface area contributed by atoms with Crippen LogP contribution in [0.5, 0.6) is 5.75 Å². The number of methoxy groups -OCH3 is 1. The highest BCUT2D eigenvalue weighted by Gasteiger charge is 2.21. The maximum Gasteiger partial charge on any atom is 0.254 e. The summed E-state index contributed by atoms with van der Waals surface area (Å²) in [6.45, 7) is 6.86. The van der Waals surface area contributed by atoms with Gasteiger partial charge in [-0.15, -0.1) is 11.8 Å². The normalized spacial score (nSPS) is 14.6. The number of thioether (sulfide) groups is 1. The molecule has 2 heterocycles. The van der Waals surface area contributed by atoms with Crippen LogP contribution in [0.15, 0.2) is 22.7 Å². The number of aromatic nitrogens is 1. The smallest absolute Gasteiger partial charge is 0.254 e. The topological polar surface area (TPSA) is 87.9 Å². The molecule has 9 heteroatoms. The number of hydrogen-bond acceptors (Lipinski definition) is 7. The zero-order chi connectivity index (χ0) is 21.7. The number of ether oxygens (including phenoxy) is 1. The van der Waals surface area contributed by atoms with Crippen molar-refractivity contribution in [3.8, 4) is 5.75 Å². The molecule has 162 valence electrons. The van der Waals surface area contributed by atoms with Crippen LogP contribution in [0.3, 0.4) is 0 Å². The monoisotopic (exact) mass is 432 g/mol. The molecule has 0 aliphatic carbocycles. The number of rotatable bonds is 7. The highest BCUT2D eigenvalue weighted by molar-refractivity contribution is 7.99. The van der Waals surface area contributed by atoms with Crippen LogP contribution in [-0.4, -0.2) is 72.9 Å². The van der Waals surface area contributed by atoms with Crippen LogP contribution in [0.25, 0.3) is 0 Å². The van der Waals surface area contributed by atoms with Crippen LogP contribution >= 0.6 is 11.8 Å².